The van der Waals surface area contributed by atoms with Crippen molar-refractivity contribution in [2.24, 2.45) is 5.92 Å². The van der Waals surface area contributed by atoms with Crippen molar-refractivity contribution in [3.8, 4) is 0 Å². The number of epoxide rings is 2. The Hall–Kier alpha value is -0.0800. The Morgan fingerprint density at radius 2 is 1.93 bits per heavy atom. The highest BCUT2D eigenvalue weighted by atomic mass is 16.6. The topological polar surface area (TPSA) is 25.1 Å². The molecule has 0 aromatic carbocycles. The Morgan fingerprint density at radius 1 is 1.07 bits per heavy atom. The van der Waals surface area contributed by atoms with Crippen LogP contribution in [0.3, 0.4) is 0 Å². The van der Waals surface area contributed by atoms with Gasteiger partial charge in [0.25, 0.3) is 0 Å². The van der Waals surface area contributed by atoms with E-state index >= 15 is 0 Å². The van der Waals surface area contributed by atoms with Gasteiger partial charge in [0.1, 0.15) is 0 Å². The highest BCUT2D eigenvalue weighted by Gasteiger charge is 2.66. The van der Waals surface area contributed by atoms with E-state index in [9.17, 15) is 0 Å². The smallest absolute Gasteiger partial charge is 0.0977 e. The standard InChI is InChI=1S/C13H20O2/c1-2-4-9(5-3-1)7-13-8-11-10(14-11)6-12(13)15-13/h9-12H,1-8H2. The first-order chi connectivity index (χ1) is 7.36. The molecule has 4 unspecified atom stereocenters. The maximum atomic E-state index is 5.99. The first-order valence-corrected chi connectivity index (χ1v) is 6.69. The van der Waals surface area contributed by atoms with Crippen LogP contribution in [0.2, 0.25) is 0 Å². The molecule has 4 atom stereocenters. The lowest BCUT2D eigenvalue weighted by atomic mass is 9.77. The van der Waals surface area contributed by atoms with E-state index in [0.717, 1.165) is 5.92 Å². The molecule has 0 aromatic heterocycles. The van der Waals surface area contributed by atoms with E-state index in [4.69, 9.17) is 9.47 Å². The van der Waals surface area contributed by atoms with Gasteiger partial charge in [0.15, 0.2) is 0 Å². The van der Waals surface area contributed by atoms with Crippen LogP contribution in [0.25, 0.3) is 0 Å². The van der Waals surface area contributed by atoms with Crippen molar-refractivity contribution in [1.29, 1.82) is 0 Å². The summed E-state index contributed by atoms with van der Waals surface area (Å²) in [6.07, 6.45) is 12.7. The zero-order valence-electron chi connectivity index (χ0n) is 9.28. The van der Waals surface area contributed by atoms with Gasteiger partial charge >= 0.3 is 0 Å². The van der Waals surface area contributed by atoms with Crippen molar-refractivity contribution < 1.29 is 9.47 Å². The molecule has 2 heteroatoms. The Morgan fingerprint density at radius 3 is 2.80 bits per heavy atom. The van der Waals surface area contributed by atoms with Gasteiger partial charge in [-0.2, -0.15) is 0 Å². The second-order valence-electron chi connectivity index (χ2n) is 6.03. The molecule has 2 saturated carbocycles. The van der Waals surface area contributed by atoms with Crippen LogP contribution >= 0.6 is 0 Å². The quantitative estimate of drug-likeness (QED) is 0.652. The lowest BCUT2D eigenvalue weighted by Crippen LogP contribution is -2.27. The third kappa shape index (κ3) is 1.45. The molecule has 0 radical (unpaired) electrons. The summed E-state index contributed by atoms with van der Waals surface area (Å²) < 4.78 is 11.6. The van der Waals surface area contributed by atoms with Gasteiger partial charge in [-0.15, -0.1) is 0 Å². The normalized spacial score (nSPS) is 53.2. The lowest BCUT2D eigenvalue weighted by Gasteiger charge is -2.25. The van der Waals surface area contributed by atoms with Crippen LogP contribution in [0.15, 0.2) is 0 Å². The molecule has 84 valence electrons. The van der Waals surface area contributed by atoms with Gasteiger partial charge in [0.05, 0.1) is 23.9 Å². The van der Waals surface area contributed by atoms with E-state index in [0.29, 0.717) is 23.9 Å². The third-order valence-electron chi connectivity index (χ3n) is 4.95. The molecule has 4 fully saturated rings. The summed E-state index contributed by atoms with van der Waals surface area (Å²) >= 11 is 0. The van der Waals surface area contributed by atoms with E-state index in [1.807, 2.05) is 0 Å². The Labute approximate surface area is 91.3 Å². The molecule has 0 spiro atoms. The molecular weight excluding hydrogens is 188 g/mol. The maximum Gasteiger partial charge on any atom is 0.0977 e. The monoisotopic (exact) mass is 208 g/mol. The van der Waals surface area contributed by atoms with Crippen molar-refractivity contribution in [2.75, 3.05) is 0 Å². The van der Waals surface area contributed by atoms with Gasteiger partial charge in [-0.1, -0.05) is 32.1 Å². The van der Waals surface area contributed by atoms with E-state index in [-0.39, 0.29) is 0 Å². The summed E-state index contributed by atoms with van der Waals surface area (Å²) in [5.41, 5.74) is 0.291. The fourth-order valence-corrected chi connectivity index (χ4v) is 3.95. The Kier molecular flexibility index (Phi) is 1.79. The van der Waals surface area contributed by atoms with Gasteiger partial charge in [-0.25, -0.2) is 0 Å². The average Bonchev–Trinajstić information content (AvgIpc) is 3.09. The fourth-order valence-electron chi connectivity index (χ4n) is 3.95. The molecule has 0 amide bonds. The molecule has 0 bridgehead atoms. The number of fused-ring (bicyclic) bond motifs is 2. The molecule has 4 rings (SSSR count). The third-order valence-corrected chi connectivity index (χ3v) is 4.95. The van der Waals surface area contributed by atoms with Crippen molar-refractivity contribution in [2.45, 2.75) is 75.3 Å². The second kappa shape index (κ2) is 2.98. The summed E-state index contributed by atoms with van der Waals surface area (Å²) in [4.78, 5) is 0. The summed E-state index contributed by atoms with van der Waals surface area (Å²) in [6.45, 7) is 0. The maximum absolute atomic E-state index is 5.99. The minimum atomic E-state index is 0.291. The number of hydrogen-bond acceptors (Lipinski definition) is 2. The first-order valence-electron chi connectivity index (χ1n) is 6.69. The molecule has 2 aliphatic carbocycles. The molecule has 0 N–H and O–H groups in total. The summed E-state index contributed by atoms with van der Waals surface area (Å²) in [5.74, 6) is 0.957. The van der Waals surface area contributed by atoms with Crippen LogP contribution in [0.4, 0.5) is 0 Å². The summed E-state index contributed by atoms with van der Waals surface area (Å²) in [6, 6.07) is 0. The highest BCUT2D eigenvalue weighted by Crippen LogP contribution is 2.57. The van der Waals surface area contributed by atoms with Gasteiger partial charge in [0, 0.05) is 12.8 Å². The Balaban J connectivity index is 1.41. The molecule has 2 nitrogen and oxygen atoms in total. The molecule has 4 aliphatic rings. The predicted octanol–water partition coefficient (Wildman–Crippen LogP) is 2.66. The van der Waals surface area contributed by atoms with Gasteiger partial charge in [-0.3, -0.25) is 0 Å². The average molecular weight is 208 g/mol. The van der Waals surface area contributed by atoms with Crippen molar-refractivity contribution in [3.05, 3.63) is 0 Å². The molecule has 0 aromatic rings. The van der Waals surface area contributed by atoms with E-state index in [1.54, 1.807) is 0 Å². The van der Waals surface area contributed by atoms with Crippen LogP contribution in [0.1, 0.15) is 51.4 Å². The molecule has 2 heterocycles. The zero-order chi connectivity index (χ0) is 9.88. The van der Waals surface area contributed by atoms with Crippen LogP contribution in [-0.2, 0) is 9.47 Å². The SMILES string of the molecule is C1CCC(CC23CC4OC4CC2O3)CC1. The van der Waals surface area contributed by atoms with Crippen LogP contribution in [-0.4, -0.2) is 23.9 Å². The van der Waals surface area contributed by atoms with E-state index < -0.39 is 0 Å². The molecule has 2 saturated heterocycles. The number of rotatable bonds is 2. The molecular formula is C13H20O2. The predicted molar refractivity (Wildman–Crippen MR) is 56.7 cm³/mol. The fraction of sp³-hybridized carbons (Fsp3) is 1.00. The van der Waals surface area contributed by atoms with Crippen LogP contribution in [0, 0.1) is 5.92 Å². The van der Waals surface area contributed by atoms with Crippen molar-refractivity contribution >= 4 is 0 Å². The second-order valence-corrected chi connectivity index (χ2v) is 6.03. The minimum Gasteiger partial charge on any atom is -0.369 e. The van der Waals surface area contributed by atoms with Crippen LogP contribution in [0.5, 0.6) is 0 Å². The number of ether oxygens (including phenoxy) is 2. The number of hydrogen-bond donors (Lipinski definition) is 0. The Bertz CT molecular complexity index is 272. The first kappa shape index (κ1) is 9.00. The van der Waals surface area contributed by atoms with E-state index in [2.05, 4.69) is 0 Å². The lowest BCUT2D eigenvalue weighted by molar-refractivity contribution is 0.195. The van der Waals surface area contributed by atoms with Crippen molar-refractivity contribution in [3.63, 3.8) is 0 Å². The highest BCUT2D eigenvalue weighted by molar-refractivity contribution is 5.14. The van der Waals surface area contributed by atoms with Gasteiger partial charge in [-0.05, 0) is 12.3 Å². The van der Waals surface area contributed by atoms with E-state index in [1.165, 1.54) is 51.4 Å². The zero-order valence-corrected chi connectivity index (χ0v) is 9.28. The molecule has 2 aliphatic heterocycles. The van der Waals surface area contributed by atoms with Crippen LogP contribution < -0.4 is 0 Å². The molecule has 15 heavy (non-hydrogen) atoms. The summed E-state index contributed by atoms with van der Waals surface area (Å²) in [5, 5.41) is 0. The largest absolute Gasteiger partial charge is 0.369 e. The van der Waals surface area contributed by atoms with Crippen molar-refractivity contribution in [1.82, 2.24) is 0 Å². The van der Waals surface area contributed by atoms with Gasteiger partial charge < -0.3 is 9.47 Å². The summed E-state index contributed by atoms with van der Waals surface area (Å²) in [7, 11) is 0. The van der Waals surface area contributed by atoms with Gasteiger partial charge in [0.2, 0.25) is 0 Å². The minimum absolute atomic E-state index is 0.291.